The predicted octanol–water partition coefficient (Wildman–Crippen LogP) is 3.25. The van der Waals surface area contributed by atoms with Crippen LogP contribution in [0.15, 0.2) is 24.3 Å². The van der Waals surface area contributed by atoms with Crippen LogP contribution < -0.4 is 10.1 Å². The summed E-state index contributed by atoms with van der Waals surface area (Å²) in [4.78, 5) is 12.3. The van der Waals surface area contributed by atoms with Gasteiger partial charge in [-0.25, -0.2) is 4.79 Å². The van der Waals surface area contributed by atoms with Crippen LogP contribution in [-0.4, -0.2) is 25.2 Å². The molecule has 1 atom stereocenters. The van der Waals surface area contributed by atoms with E-state index >= 15 is 0 Å². The van der Waals surface area contributed by atoms with Crippen molar-refractivity contribution >= 4 is 5.97 Å². The van der Waals surface area contributed by atoms with Gasteiger partial charge in [-0.05, 0) is 58.4 Å². The Bertz CT molecular complexity index is 442. The Labute approximate surface area is 127 Å². The van der Waals surface area contributed by atoms with Gasteiger partial charge >= 0.3 is 5.97 Å². The molecule has 0 aromatic heterocycles. The van der Waals surface area contributed by atoms with Crippen LogP contribution in [0.4, 0.5) is 0 Å². The molecule has 0 fully saturated rings. The van der Waals surface area contributed by atoms with E-state index in [0.717, 1.165) is 24.3 Å². The first-order valence-electron chi connectivity index (χ1n) is 7.63. The van der Waals surface area contributed by atoms with Gasteiger partial charge in [-0.1, -0.05) is 19.1 Å². The molecule has 0 aliphatic carbocycles. The van der Waals surface area contributed by atoms with Gasteiger partial charge in [0.25, 0.3) is 0 Å². The lowest BCUT2D eigenvalue weighted by atomic mass is 9.91. The number of carbonyl (C=O) groups is 1. The monoisotopic (exact) mass is 293 g/mol. The van der Waals surface area contributed by atoms with Crippen LogP contribution in [0.2, 0.25) is 0 Å². The molecule has 1 aromatic rings. The van der Waals surface area contributed by atoms with Crippen LogP contribution >= 0.6 is 0 Å². The highest BCUT2D eigenvalue weighted by molar-refractivity contribution is 5.82. The van der Waals surface area contributed by atoms with Crippen molar-refractivity contribution < 1.29 is 14.3 Å². The minimum absolute atomic E-state index is 0.130. The molecule has 0 saturated carbocycles. The first-order chi connectivity index (χ1) is 9.93. The number of hydrogen-bond acceptors (Lipinski definition) is 4. The molecule has 0 bridgehead atoms. The number of nitrogens with one attached hydrogen (secondary N) is 1. The van der Waals surface area contributed by atoms with Crippen LogP contribution in [0.25, 0.3) is 0 Å². The Kier molecular flexibility index (Phi) is 6.69. The molecular formula is C17H27NO3. The van der Waals surface area contributed by atoms with Gasteiger partial charge in [-0.15, -0.1) is 0 Å². The molecule has 21 heavy (non-hydrogen) atoms. The van der Waals surface area contributed by atoms with Crippen molar-refractivity contribution in [3.8, 4) is 5.75 Å². The zero-order valence-electron chi connectivity index (χ0n) is 13.7. The molecule has 0 aliphatic heterocycles. The Balaban J connectivity index is 2.99. The van der Waals surface area contributed by atoms with Crippen molar-refractivity contribution in [1.29, 1.82) is 0 Å². The number of carbonyl (C=O) groups excluding carboxylic acids is 1. The molecule has 0 heterocycles. The van der Waals surface area contributed by atoms with E-state index < -0.39 is 5.54 Å². The lowest BCUT2D eigenvalue weighted by Gasteiger charge is -2.29. The fourth-order valence-corrected chi connectivity index (χ4v) is 2.08. The average molecular weight is 293 g/mol. The van der Waals surface area contributed by atoms with E-state index in [2.05, 4.69) is 12.2 Å². The lowest BCUT2D eigenvalue weighted by Crippen LogP contribution is -2.48. The Morgan fingerprint density at radius 1 is 1.24 bits per heavy atom. The third kappa shape index (κ3) is 4.74. The fraction of sp³-hybridized carbons (Fsp3) is 0.588. The molecule has 1 unspecified atom stereocenters. The maximum Gasteiger partial charge on any atom is 0.330 e. The zero-order valence-corrected chi connectivity index (χ0v) is 13.7. The number of rotatable bonds is 8. The largest absolute Gasteiger partial charge is 0.491 e. The Morgan fingerprint density at radius 2 is 1.86 bits per heavy atom. The summed E-state index contributed by atoms with van der Waals surface area (Å²) in [6.07, 6.45) is 1.08. The molecule has 1 aromatic carbocycles. The predicted molar refractivity (Wildman–Crippen MR) is 84.5 cm³/mol. The lowest BCUT2D eigenvalue weighted by molar-refractivity contribution is -0.151. The normalized spacial score (nSPS) is 13.8. The van der Waals surface area contributed by atoms with Crippen molar-refractivity contribution in [3.05, 3.63) is 29.8 Å². The summed E-state index contributed by atoms with van der Waals surface area (Å²) in [5, 5.41) is 3.29. The number of benzene rings is 1. The first-order valence-corrected chi connectivity index (χ1v) is 7.63. The molecule has 0 spiro atoms. The molecule has 1 N–H and O–H groups in total. The second-order valence-electron chi connectivity index (χ2n) is 5.46. The van der Waals surface area contributed by atoms with Gasteiger partial charge < -0.3 is 9.47 Å². The molecule has 0 aliphatic rings. The molecule has 0 saturated heterocycles. The number of ether oxygens (including phenoxy) is 2. The van der Waals surface area contributed by atoms with Gasteiger partial charge in [0.05, 0.1) is 12.7 Å². The Hall–Kier alpha value is -1.55. The van der Waals surface area contributed by atoms with Crippen LogP contribution in [0.1, 0.15) is 46.6 Å². The van der Waals surface area contributed by atoms with E-state index in [4.69, 9.17) is 9.47 Å². The minimum Gasteiger partial charge on any atom is -0.491 e. The van der Waals surface area contributed by atoms with Crippen molar-refractivity contribution in [2.75, 3.05) is 13.2 Å². The Morgan fingerprint density at radius 3 is 2.33 bits per heavy atom. The molecular weight excluding hydrogens is 266 g/mol. The number of hydrogen-bond donors (Lipinski definition) is 1. The smallest absolute Gasteiger partial charge is 0.330 e. The van der Waals surface area contributed by atoms with Gasteiger partial charge in [-0.3, -0.25) is 5.32 Å². The summed E-state index contributed by atoms with van der Waals surface area (Å²) in [6, 6.07) is 7.61. The summed E-state index contributed by atoms with van der Waals surface area (Å²) in [5.74, 6) is 0.548. The van der Waals surface area contributed by atoms with Crippen LogP contribution in [-0.2, 0) is 15.1 Å². The molecule has 1 rings (SSSR count). The van der Waals surface area contributed by atoms with E-state index in [1.807, 2.05) is 52.0 Å². The topological polar surface area (TPSA) is 47.6 Å². The molecule has 4 heteroatoms. The van der Waals surface area contributed by atoms with Crippen molar-refractivity contribution in [3.63, 3.8) is 0 Å². The molecule has 4 nitrogen and oxygen atoms in total. The van der Waals surface area contributed by atoms with E-state index in [1.165, 1.54) is 0 Å². The zero-order chi connectivity index (χ0) is 15.9. The third-order valence-corrected chi connectivity index (χ3v) is 3.22. The third-order valence-electron chi connectivity index (χ3n) is 3.22. The maximum atomic E-state index is 12.3. The van der Waals surface area contributed by atoms with Crippen molar-refractivity contribution in [2.24, 2.45) is 0 Å². The summed E-state index contributed by atoms with van der Waals surface area (Å²) in [5.41, 5.74) is 0.0491. The standard InChI is InChI=1S/C17H27NO3/c1-6-12-18-17(5,16(19)20-7-2)14-8-10-15(11-9-14)21-13(3)4/h8-11,13,18H,6-7,12H2,1-5H3. The highest BCUT2D eigenvalue weighted by Gasteiger charge is 2.36. The van der Waals surface area contributed by atoms with E-state index in [0.29, 0.717) is 6.61 Å². The second kappa shape index (κ2) is 8.03. The van der Waals surface area contributed by atoms with Crippen LogP contribution in [0.5, 0.6) is 5.75 Å². The van der Waals surface area contributed by atoms with E-state index in [-0.39, 0.29) is 12.1 Å². The van der Waals surface area contributed by atoms with Crippen LogP contribution in [0, 0.1) is 0 Å². The first kappa shape index (κ1) is 17.5. The van der Waals surface area contributed by atoms with Gasteiger partial charge in [-0.2, -0.15) is 0 Å². The average Bonchev–Trinajstić information content (AvgIpc) is 2.45. The molecule has 118 valence electrons. The summed E-state index contributed by atoms with van der Waals surface area (Å²) >= 11 is 0. The molecule has 0 radical (unpaired) electrons. The van der Waals surface area contributed by atoms with Crippen molar-refractivity contribution in [1.82, 2.24) is 5.32 Å². The van der Waals surface area contributed by atoms with E-state index in [1.54, 1.807) is 0 Å². The van der Waals surface area contributed by atoms with Gasteiger partial charge in [0.15, 0.2) is 0 Å². The maximum absolute atomic E-state index is 12.3. The highest BCUT2D eigenvalue weighted by Crippen LogP contribution is 2.25. The summed E-state index contributed by atoms with van der Waals surface area (Å²) in [7, 11) is 0. The second-order valence-corrected chi connectivity index (χ2v) is 5.46. The van der Waals surface area contributed by atoms with Crippen molar-refractivity contribution in [2.45, 2.75) is 52.7 Å². The SMILES string of the molecule is CCCNC(C)(C(=O)OCC)c1ccc(OC(C)C)cc1. The van der Waals surface area contributed by atoms with Gasteiger partial charge in [0.2, 0.25) is 0 Å². The summed E-state index contributed by atoms with van der Waals surface area (Å²) in [6.45, 7) is 10.8. The highest BCUT2D eigenvalue weighted by atomic mass is 16.5. The fourth-order valence-electron chi connectivity index (χ4n) is 2.08. The summed E-state index contributed by atoms with van der Waals surface area (Å²) < 4.78 is 10.9. The van der Waals surface area contributed by atoms with Crippen LogP contribution in [0.3, 0.4) is 0 Å². The quantitative estimate of drug-likeness (QED) is 0.747. The van der Waals surface area contributed by atoms with Gasteiger partial charge in [0, 0.05) is 0 Å². The number of esters is 1. The molecule has 0 amide bonds. The minimum atomic E-state index is -0.831. The van der Waals surface area contributed by atoms with E-state index in [9.17, 15) is 4.79 Å². The van der Waals surface area contributed by atoms with Gasteiger partial charge in [0.1, 0.15) is 11.3 Å².